The predicted octanol–water partition coefficient (Wildman–Crippen LogP) is 17.1. The average Bonchev–Trinajstić information content (AvgIpc) is 3.25. The van der Waals surface area contributed by atoms with Gasteiger partial charge in [0.05, 0.1) is 6.61 Å². The topological polar surface area (TPSA) is 72.8 Å². The number of hydrogen-bond acceptors (Lipinski definition) is 5. The first-order valence-corrected chi connectivity index (χ1v) is 25.8. The van der Waals surface area contributed by atoms with Crippen molar-refractivity contribution < 1.29 is 24.2 Å². The van der Waals surface area contributed by atoms with Gasteiger partial charge in [-0.15, -0.1) is 0 Å². The highest BCUT2D eigenvalue weighted by atomic mass is 16.6. The zero-order chi connectivity index (χ0) is 43.5. The van der Waals surface area contributed by atoms with Gasteiger partial charge in [0.2, 0.25) is 0 Å². The number of rotatable bonds is 47. The van der Waals surface area contributed by atoms with E-state index in [1.165, 1.54) is 154 Å². The fourth-order valence-electron chi connectivity index (χ4n) is 7.42. The Kier molecular flexibility index (Phi) is 48.9. The normalized spacial score (nSPS) is 12.7. The molecule has 1 unspecified atom stereocenters. The Morgan fingerprint density at radius 1 is 0.400 bits per heavy atom. The van der Waals surface area contributed by atoms with E-state index in [2.05, 4.69) is 74.6 Å². The molecule has 0 saturated carbocycles. The van der Waals surface area contributed by atoms with Crippen LogP contribution >= 0.6 is 0 Å². The van der Waals surface area contributed by atoms with Crippen molar-refractivity contribution in [1.82, 2.24) is 0 Å². The van der Waals surface area contributed by atoms with E-state index < -0.39 is 6.10 Å². The summed E-state index contributed by atoms with van der Waals surface area (Å²) < 4.78 is 10.7. The van der Waals surface area contributed by atoms with Crippen LogP contribution in [-0.4, -0.2) is 36.4 Å². The minimum atomic E-state index is -0.786. The van der Waals surface area contributed by atoms with E-state index in [4.69, 9.17) is 9.47 Å². The van der Waals surface area contributed by atoms with Crippen molar-refractivity contribution in [3.8, 4) is 0 Å². The van der Waals surface area contributed by atoms with Crippen LogP contribution in [0.25, 0.3) is 0 Å². The first-order valence-electron chi connectivity index (χ1n) is 25.8. The van der Waals surface area contributed by atoms with E-state index in [1.807, 2.05) is 0 Å². The van der Waals surface area contributed by atoms with Gasteiger partial charge in [0.25, 0.3) is 0 Å². The summed E-state index contributed by atoms with van der Waals surface area (Å²) in [4.78, 5) is 24.4. The number of allylic oxidation sites excluding steroid dienone is 10. The molecule has 0 saturated heterocycles. The summed E-state index contributed by atoms with van der Waals surface area (Å²) in [6.07, 6.45) is 67.6. The zero-order valence-electron chi connectivity index (χ0n) is 39.7. The molecule has 60 heavy (non-hydrogen) atoms. The van der Waals surface area contributed by atoms with E-state index in [1.54, 1.807) is 0 Å². The van der Waals surface area contributed by atoms with E-state index in [9.17, 15) is 14.7 Å². The van der Waals surface area contributed by atoms with Crippen molar-refractivity contribution in [2.24, 2.45) is 0 Å². The molecular weight excluding hydrogens is 741 g/mol. The van der Waals surface area contributed by atoms with Crippen LogP contribution in [0.1, 0.15) is 258 Å². The molecule has 0 aromatic rings. The van der Waals surface area contributed by atoms with E-state index in [0.717, 1.165) is 77.0 Å². The van der Waals surface area contributed by atoms with E-state index in [-0.39, 0.29) is 25.2 Å². The summed E-state index contributed by atoms with van der Waals surface area (Å²) in [5, 5.41) is 9.61. The lowest BCUT2D eigenvalue weighted by Crippen LogP contribution is -2.28. The molecule has 5 heteroatoms. The van der Waals surface area contributed by atoms with Crippen LogP contribution in [0.2, 0.25) is 0 Å². The van der Waals surface area contributed by atoms with Crippen LogP contribution in [0.5, 0.6) is 0 Å². The SMILES string of the molecule is CC/C=C\C/C=C\C/C=C\C/C=C\CCCCCCC(=O)OC(CO)COC(=O)CCCCCCCCCCCCCCCCCCC/C=C\CCCCCCCCCC. The molecular formula is C55H98O5. The molecule has 0 fully saturated rings. The van der Waals surface area contributed by atoms with Crippen LogP contribution in [0.15, 0.2) is 60.8 Å². The lowest BCUT2D eigenvalue weighted by Gasteiger charge is -2.15. The average molecular weight is 839 g/mol. The fraction of sp³-hybridized carbons (Fsp3) is 0.782. The number of ether oxygens (including phenoxy) is 2. The number of esters is 2. The molecule has 348 valence electrons. The Balaban J connectivity index is 3.47. The number of aliphatic hydroxyl groups is 1. The highest BCUT2D eigenvalue weighted by molar-refractivity contribution is 5.70. The third-order valence-corrected chi connectivity index (χ3v) is 11.3. The van der Waals surface area contributed by atoms with Crippen molar-refractivity contribution in [3.05, 3.63) is 60.8 Å². The molecule has 0 heterocycles. The van der Waals surface area contributed by atoms with Gasteiger partial charge in [-0.25, -0.2) is 0 Å². The van der Waals surface area contributed by atoms with E-state index >= 15 is 0 Å². The molecule has 0 bridgehead atoms. The molecule has 5 nitrogen and oxygen atoms in total. The number of aliphatic hydroxyl groups excluding tert-OH is 1. The molecule has 0 amide bonds. The van der Waals surface area contributed by atoms with Crippen LogP contribution in [0, 0.1) is 0 Å². The van der Waals surface area contributed by atoms with Crippen LogP contribution < -0.4 is 0 Å². The van der Waals surface area contributed by atoms with Crippen LogP contribution in [-0.2, 0) is 19.1 Å². The Hall–Kier alpha value is -2.40. The Bertz CT molecular complexity index is 1040. The summed E-state index contributed by atoms with van der Waals surface area (Å²) in [7, 11) is 0. The first kappa shape index (κ1) is 57.6. The van der Waals surface area contributed by atoms with Crippen molar-refractivity contribution in [1.29, 1.82) is 0 Å². The summed E-state index contributed by atoms with van der Waals surface area (Å²) >= 11 is 0. The molecule has 0 rings (SSSR count). The lowest BCUT2D eigenvalue weighted by molar-refractivity contribution is -0.161. The molecule has 0 aromatic heterocycles. The summed E-state index contributed by atoms with van der Waals surface area (Å²) in [5.74, 6) is -0.612. The first-order chi connectivity index (χ1) is 29.6. The maximum atomic E-state index is 12.2. The standard InChI is InChI=1S/C55H98O5/c1-3-5-7-9-11-13-15-17-19-21-22-23-24-25-26-27-28-29-30-31-32-34-35-37-39-41-43-45-47-49-54(57)59-52-53(51-56)60-55(58)50-48-46-44-42-40-38-36-33-20-18-16-14-12-10-8-6-4-2/h6,8,12,14,18,20-22,36,38,53,56H,3-5,7,9-11,13,15-17,19,23-35,37,39-52H2,1-2H3/b8-6-,14-12-,20-18-,22-21-,38-36-. The maximum absolute atomic E-state index is 12.2. The molecule has 1 atom stereocenters. The second-order valence-corrected chi connectivity index (χ2v) is 17.2. The molecule has 0 aromatic carbocycles. The van der Waals surface area contributed by atoms with Crippen LogP contribution in [0.3, 0.4) is 0 Å². The predicted molar refractivity (Wildman–Crippen MR) is 260 cm³/mol. The highest BCUT2D eigenvalue weighted by Crippen LogP contribution is 2.16. The van der Waals surface area contributed by atoms with Gasteiger partial charge in [-0.05, 0) is 77.0 Å². The quantitative estimate of drug-likeness (QED) is 0.0375. The third kappa shape index (κ3) is 48.3. The molecule has 1 N–H and O–H groups in total. The van der Waals surface area contributed by atoms with E-state index in [0.29, 0.717) is 12.8 Å². The zero-order valence-corrected chi connectivity index (χ0v) is 39.7. The minimum Gasteiger partial charge on any atom is -0.462 e. The van der Waals surface area contributed by atoms with Gasteiger partial charge in [0.15, 0.2) is 6.10 Å². The number of hydrogen-bond donors (Lipinski definition) is 1. The number of carbonyl (C=O) groups is 2. The van der Waals surface area contributed by atoms with Gasteiger partial charge in [-0.1, -0.05) is 229 Å². The van der Waals surface area contributed by atoms with Crippen molar-refractivity contribution in [2.75, 3.05) is 13.2 Å². The summed E-state index contributed by atoms with van der Waals surface area (Å²) in [5.41, 5.74) is 0. The fourth-order valence-corrected chi connectivity index (χ4v) is 7.42. The third-order valence-electron chi connectivity index (χ3n) is 11.3. The smallest absolute Gasteiger partial charge is 0.306 e. The summed E-state index contributed by atoms with van der Waals surface area (Å²) in [6, 6.07) is 0. The Labute approximate surface area is 372 Å². The Morgan fingerprint density at radius 2 is 0.717 bits per heavy atom. The summed E-state index contributed by atoms with van der Waals surface area (Å²) in [6.45, 7) is 4.02. The Morgan fingerprint density at radius 3 is 1.10 bits per heavy atom. The van der Waals surface area contributed by atoms with Crippen molar-refractivity contribution >= 4 is 11.9 Å². The van der Waals surface area contributed by atoms with Gasteiger partial charge in [-0.3, -0.25) is 9.59 Å². The molecule has 0 aliphatic rings. The van der Waals surface area contributed by atoms with Gasteiger partial charge in [-0.2, -0.15) is 0 Å². The van der Waals surface area contributed by atoms with Gasteiger partial charge >= 0.3 is 11.9 Å². The monoisotopic (exact) mass is 839 g/mol. The number of unbranched alkanes of at least 4 members (excludes halogenated alkanes) is 29. The minimum absolute atomic E-state index is 0.0757. The second kappa shape index (κ2) is 51.0. The molecule has 0 spiro atoms. The largest absolute Gasteiger partial charge is 0.462 e. The van der Waals surface area contributed by atoms with Crippen molar-refractivity contribution in [3.63, 3.8) is 0 Å². The van der Waals surface area contributed by atoms with Crippen molar-refractivity contribution in [2.45, 2.75) is 264 Å². The molecule has 0 aliphatic carbocycles. The molecule has 0 radical (unpaired) electrons. The van der Waals surface area contributed by atoms with Gasteiger partial charge in [0, 0.05) is 12.8 Å². The molecule has 0 aliphatic heterocycles. The second-order valence-electron chi connectivity index (χ2n) is 17.2. The maximum Gasteiger partial charge on any atom is 0.306 e. The number of carbonyl (C=O) groups excluding carboxylic acids is 2. The van der Waals surface area contributed by atoms with Gasteiger partial charge < -0.3 is 14.6 Å². The van der Waals surface area contributed by atoms with Gasteiger partial charge in [0.1, 0.15) is 6.61 Å². The van der Waals surface area contributed by atoms with Crippen LogP contribution in [0.4, 0.5) is 0 Å². The lowest BCUT2D eigenvalue weighted by atomic mass is 10.0. The highest BCUT2D eigenvalue weighted by Gasteiger charge is 2.16.